The van der Waals surface area contributed by atoms with Gasteiger partial charge in [-0.3, -0.25) is 4.90 Å². The summed E-state index contributed by atoms with van der Waals surface area (Å²) in [5, 5.41) is 0. The summed E-state index contributed by atoms with van der Waals surface area (Å²) in [4.78, 5) is 16.9. The van der Waals surface area contributed by atoms with Crippen LogP contribution in [0.5, 0.6) is 0 Å². The van der Waals surface area contributed by atoms with Gasteiger partial charge < -0.3 is 9.64 Å². The van der Waals surface area contributed by atoms with Crippen molar-refractivity contribution in [2.24, 2.45) is 0 Å². The lowest BCUT2D eigenvalue weighted by Gasteiger charge is -2.36. The highest BCUT2D eigenvalue weighted by Crippen LogP contribution is 2.27. The maximum absolute atomic E-state index is 12.5. The molecule has 3 rings (SSSR count). The topological polar surface area (TPSA) is 70.2 Å². The number of piperazine rings is 1. The molecule has 2 aromatic carbocycles. The predicted octanol–water partition coefficient (Wildman–Crippen LogP) is 2.05. The number of anilines is 1. The molecule has 0 spiro atoms. The van der Waals surface area contributed by atoms with E-state index >= 15 is 0 Å². The summed E-state index contributed by atoms with van der Waals surface area (Å²) in [6, 6.07) is 15.0. The first-order valence-corrected chi connectivity index (χ1v) is 10.9. The van der Waals surface area contributed by atoms with Gasteiger partial charge in [-0.25, -0.2) is 17.5 Å². The summed E-state index contributed by atoms with van der Waals surface area (Å²) < 4.78 is 30.9. The van der Waals surface area contributed by atoms with Crippen LogP contribution in [0.25, 0.3) is 0 Å². The Hall–Kier alpha value is -2.42. The van der Waals surface area contributed by atoms with Gasteiger partial charge in [0.15, 0.2) is 0 Å². The van der Waals surface area contributed by atoms with Gasteiger partial charge in [-0.1, -0.05) is 30.3 Å². The zero-order chi connectivity index (χ0) is 21.0. The Morgan fingerprint density at radius 2 is 1.69 bits per heavy atom. The molecule has 0 atom stereocenters. The summed E-state index contributed by atoms with van der Waals surface area (Å²) >= 11 is 0. The smallest absolute Gasteiger partial charge is 0.340 e. The average Bonchev–Trinajstić information content (AvgIpc) is 2.74. The third-order valence-electron chi connectivity index (χ3n) is 5.11. The van der Waals surface area contributed by atoms with Crippen LogP contribution < -0.4 is 4.90 Å². The minimum atomic E-state index is -3.63. The molecule has 0 aliphatic carbocycles. The van der Waals surface area contributed by atoms with Crippen LogP contribution in [0.1, 0.15) is 15.9 Å². The maximum atomic E-state index is 12.5. The van der Waals surface area contributed by atoms with E-state index in [0.29, 0.717) is 5.69 Å². The van der Waals surface area contributed by atoms with Crippen LogP contribution >= 0.6 is 0 Å². The van der Waals surface area contributed by atoms with E-state index in [-0.39, 0.29) is 10.5 Å². The van der Waals surface area contributed by atoms with Crippen LogP contribution in [0.3, 0.4) is 0 Å². The van der Waals surface area contributed by atoms with Gasteiger partial charge in [-0.15, -0.1) is 0 Å². The lowest BCUT2D eigenvalue weighted by Crippen LogP contribution is -2.46. The van der Waals surface area contributed by atoms with Gasteiger partial charge in [0, 0.05) is 46.8 Å². The number of sulfonamides is 1. The van der Waals surface area contributed by atoms with Crippen LogP contribution in [0.15, 0.2) is 53.4 Å². The molecule has 29 heavy (non-hydrogen) atoms. The first-order valence-electron chi connectivity index (χ1n) is 9.49. The number of esters is 1. The van der Waals surface area contributed by atoms with Gasteiger partial charge in [0.1, 0.15) is 0 Å². The van der Waals surface area contributed by atoms with E-state index in [1.807, 2.05) is 18.2 Å². The van der Waals surface area contributed by atoms with Crippen molar-refractivity contribution < 1.29 is 17.9 Å². The summed E-state index contributed by atoms with van der Waals surface area (Å²) in [5.41, 5.74) is 2.25. The minimum absolute atomic E-state index is 0.0781. The van der Waals surface area contributed by atoms with Gasteiger partial charge in [-0.2, -0.15) is 0 Å². The average molecular weight is 418 g/mol. The third-order valence-corrected chi connectivity index (χ3v) is 6.92. The fourth-order valence-corrected chi connectivity index (χ4v) is 4.35. The number of nitrogens with zero attached hydrogens (tertiary/aromatic N) is 3. The third kappa shape index (κ3) is 4.77. The molecule has 0 aromatic heterocycles. The molecular formula is C21H27N3O4S. The zero-order valence-corrected chi connectivity index (χ0v) is 17.9. The van der Waals surface area contributed by atoms with E-state index in [1.54, 1.807) is 12.1 Å². The van der Waals surface area contributed by atoms with Crippen molar-refractivity contribution in [2.75, 3.05) is 52.3 Å². The molecule has 0 bridgehead atoms. The number of carbonyl (C=O) groups is 1. The van der Waals surface area contributed by atoms with Crippen LogP contribution in [0.2, 0.25) is 0 Å². The van der Waals surface area contributed by atoms with Crippen LogP contribution in [-0.4, -0.2) is 71.0 Å². The van der Waals surface area contributed by atoms with Crippen LogP contribution in [0, 0.1) is 0 Å². The van der Waals surface area contributed by atoms with Crippen molar-refractivity contribution in [3.8, 4) is 0 Å². The first-order chi connectivity index (χ1) is 13.8. The number of methoxy groups -OCH3 is 1. The minimum Gasteiger partial charge on any atom is -0.465 e. The van der Waals surface area contributed by atoms with Gasteiger partial charge >= 0.3 is 5.97 Å². The van der Waals surface area contributed by atoms with Crippen LogP contribution in [-0.2, 0) is 21.3 Å². The maximum Gasteiger partial charge on any atom is 0.340 e. The Bertz CT molecular complexity index is 953. The molecule has 0 unspecified atom stereocenters. The Labute approximate surface area is 172 Å². The van der Waals surface area contributed by atoms with Crippen LogP contribution in [0.4, 0.5) is 5.69 Å². The van der Waals surface area contributed by atoms with Crippen molar-refractivity contribution in [3.63, 3.8) is 0 Å². The molecular weight excluding hydrogens is 390 g/mol. The molecule has 0 saturated carbocycles. The van der Waals surface area contributed by atoms with Crippen molar-refractivity contribution in [3.05, 3.63) is 59.7 Å². The SMILES string of the molecule is COC(=O)c1cc(S(=O)(=O)N(C)C)ccc1N1CCN(Cc2ccccc2)CC1. The van der Waals surface area contributed by atoms with Gasteiger partial charge in [0.25, 0.3) is 0 Å². The number of carbonyl (C=O) groups excluding carboxylic acids is 1. The van der Waals surface area contributed by atoms with Gasteiger partial charge in [0.2, 0.25) is 10.0 Å². The van der Waals surface area contributed by atoms with Crippen molar-refractivity contribution in [2.45, 2.75) is 11.4 Å². The lowest BCUT2D eigenvalue weighted by molar-refractivity contribution is 0.0601. The zero-order valence-electron chi connectivity index (χ0n) is 17.0. The summed E-state index contributed by atoms with van der Waals surface area (Å²) in [6.07, 6.45) is 0. The molecule has 0 amide bonds. The van der Waals surface area contributed by atoms with E-state index in [9.17, 15) is 13.2 Å². The molecule has 0 N–H and O–H groups in total. The molecule has 1 heterocycles. The van der Waals surface area contributed by atoms with Crippen molar-refractivity contribution in [1.82, 2.24) is 9.21 Å². The second-order valence-corrected chi connectivity index (χ2v) is 9.36. The van der Waals surface area contributed by atoms with Gasteiger partial charge in [0.05, 0.1) is 23.3 Å². The van der Waals surface area contributed by atoms with Crippen molar-refractivity contribution in [1.29, 1.82) is 0 Å². The molecule has 1 fully saturated rings. The standard InChI is InChI=1S/C21H27N3O4S/c1-22(2)29(26,27)18-9-10-20(19(15-18)21(25)28-3)24-13-11-23(12-14-24)16-17-7-5-4-6-8-17/h4-10,15H,11-14,16H2,1-3H3. The predicted molar refractivity (Wildman–Crippen MR) is 113 cm³/mol. The van der Waals surface area contributed by atoms with Crippen molar-refractivity contribution >= 4 is 21.7 Å². The number of rotatable bonds is 6. The highest BCUT2D eigenvalue weighted by Gasteiger charge is 2.25. The van der Waals surface area contributed by atoms with E-state index < -0.39 is 16.0 Å². The molecule has 0 radical (unpaired) electrons. The number of hydrogen-bond acceptors (Lipinski definition) is 6. The Kier molecular flexibility index (Phi) is 6.56. The van der Waals surface area contributed by atoms with E-state index in [1.165, 1.54) is 32.8 Å². The quantitative estimate of drug-likeness (QED) is 0.670. The highest BCUT2D eigenvalue weighted by molar-refractivity contribution is 7.89. The number of hydrogen-bond donors (Lipinski definition) is 0. The van der Waals surface area contributed by atoms with E-state index in [4.69, 9.17) is 4.74 Å². The monoisotopic (exact) mass is 417 g/mol. The van der Waals surface area contributed by atoms with E-state index in [2.05, 4.69) is 21.9 Å². The lowest BCUT2D eigenvalue weighted by atomic mass is 10.1. The molecule has 8 heteroatoms. The molecule has 1 saturated heterocycles. The highest BCUT2D eigenvalue weighted by atomic mass is 32.2. The molecule has 2 aromatic rings. The largest absolute Gasteiger partial charge is 0.465 e. The fourth-order valence-electron chi connectivity index (χ4n) is 3.42. The molecule has 1 aliphatic heterocycles. The number of ether oxygens (including phenoxy) is 1. The summed E-state index contributed by atoms with van der Waals surface area (Å²) in [5.74, 6) is -0.539. The Morgan fingerprint density at radius 3 is 2.28 bits per heavy atom. The summed E-state index contributed by atoms with van der Waals surface area (Å²) in [7, 11) is 0.600. The Balaban J connectivity index is 1.79. The van der Waals surface area contributed by atoms with E-state index in [0.717, 1.165) is 37.0 Å². The fraction of sp³-hybridized carbons (Fsp3) is 0.381. The number of benzene rings is 2. The molecule has 7 nitrogen and oxygen atoms in total. The normalized spacial score (nSPS) is 15.5. The molecule has 156 valence electrons. The van der Waals surface area contributed by atoms with Gasteiger partial charge in [-0.05, 0) is 23.8 Å². The second-order valence-electron chi connectivity index (χ2n) is 7.21. The second kappa shape index (κ2) is 8.94. The molecule has 1 aliphatic rings. The first kappa shape index (κ1) is 21.3. The summed E-state index contributed by atoms with van der Waals surface area (Å²) in [6.45, 7) is 4.09. The Morgan fingerprint density at radius 1 is 1.03 bits per heavy atom.